The third kappa shape index (κ3) is 5.35. The molecule has 0 bridgehead atoms. The van der Waals surface area contributed by atoms with Gasteiger partial charge in [0.1, 0.15) is 5.58 Å². The fraction of sp³-hybridized carbons (Fsp3) is 0. The molecule has 4 heterocycles. The van der Waals surface area contributed by atoms with Crippen LogP contribution in [0.5, 0.6) is 0 Å². The molecule has 6 nitrogen and oxygen atoms in total. The summed E-state index contributed by atoms with van der Waals surface area (Å²) in [5.41, 5.74) is 7.74. The first-order valence-electron chi connectivity index (χ1n) is 15.7. The van der Waals surface area contributed by atoms with Gasteiger partial charge in [-0.05, 0) is 35.3 Å². The topological polar surface area (TPSA) is 69.6 Å². The van der Waals surface area contributed by atoms with Crippen molar-refractivity contribution in [1.29, 1.82) is 0 Å². The van der Waals surface area contributed by atoms with Crippen molar-refractivity contribution >= 4 is 54.8 Å². The maximum Gasteiger partial charge on any atom is 0.191 e. The van der Waals surface area contributed by atoms with Gasteiger partial charge in [-0.25, -0.2) is 0 Å². The van der Waals surface area contributed by atoms with Crippen molar-refractivity contribution in [3.05, 3.63) is 164 Å². The maximum atomic E-state index is 6.61. The van der Waals surface area contributed by atoms with Crippen LogP contribution in [0.2, 0.25) is 0 Å². The summed E-state index contributed by atoms with van der Waals surface area (Å²) in [5.74, 6) is 0.718. The molecule has 0 fully saturated rings. The first-order chi connectivity index (χ1) is 23.8. The van der Waals surface area contributed by atoms with Gasteiger partial charge in [0, 0.05) is 48.1 Å². The molecule has 0 atom stereocenters. The molecule has 0 aliphatic carbocycles. The maximum absolute atomic E-state index is 6.61. The van der Waals surface area contributed by atoms with Gasteiger partial charge < -0.3 is 14.0 Å². The molecule has 0 spiro atoms. The zero-order valence-electron chi connectivity index (χ0n) is 25.9. The van der Waals surface area contributed by atoms with E-state index >= 15 is 0 Å². The Morgan fingerprint density at radius 1 is 0.571 bits per heavy atom. The van der Waals surface area contributed by atoms with E-state index in [1.807, 2.05) is 97.1 Å². The Labute approximate surface area is 295 Å². The zero-order chi connectivity index (χ0) is 31.9. The summed E-state index contributed by atoms with van der Waals surface area (Å²) >= 11 is 0. The largest absolute Gasteiger partial charge is 0.500 e. The molecule has 0 saturated heterocycles. The molecule has 0 unspecified atom stereocenters. The number of furan rings is 1. The van der Waals surface area contributed by atoms with Gasteiger partial charge in [0.25, 0.3) is 0 Å². The Balaban J connectivity index is 0.000000228. The Morgan fingerprint density at radius 3 is 2.18 bits per heavy atom. The first-order valence-corrected chi connectivity index (χ1v) is 15.7. The Morgan fingerprint density at radius 2 is 1.35 bits per heavy atom. The van der Waals surface area contributed by atoms with E-state index in [9.17, 15) is 0 Å². The van der Waals surface area contributed by atoms with Crippen molar-refractivity contribution in [2.24, 2.45) is 0 Å². The van der Waals surface area contributed by atoms with Crippen molar-refractivity contribution in [2.45, 2.75) is 0 Å². The van der Waals surface area contributed by atoms with Crippen LogP contribution in [0, 0.1) is 12.1 Å². The second kappa shape index (κ2) is 12.9. The molecule has 4 aromatic heterocycles. The third-order valence-corrected chi connectivity index (χ3v) is 8.48. The summed E-state index contributed by atoms with van der Waals surface area (Å²) < 4.78 is 8.75. The molecule has 0 aliphatic heterocycles. The van der Waals surface area contributed by atoms with Gasteiger partial charge in [0.05, 0.1) is 22.4 Å². The molecule has 235 valence electrons. The van der Waals surface area contributed by atoms with E-state index in [4.69, 9.17) is 9.40 Å². The van der Waals surface area contributed by atoms with E-state index in [-0.39, 0.29) is 20.1 Å². The van der Waals surface area contributed by atoms with E-state index < -0.39 is 0 Å². The number of benzene rings is 6. The van der Waals surface area contributed by atoms with E-state index in [1.54, 1.807) is 6.20 Å². The van der Waals surface area contributed by atoms with E-state index in [0.717, 1.165) is 77.5 Å². The van der Waals surface area contributed by atoms with Crippen LogP contribution in [0.15, 0.2) is 156 Å². The van der Waals surface area contributed by atoms with Crippen LogP contribution in [-0.4, -0.2) is 24.7 Å². The number of nitrogens with zero attached hydrogens (tertiary/aromatic N) is 5. The summed E-state index contributed by atoms with van der Waals surface area (Å²) in [5, 5.41) is 14.2. The summed E-state index contributed by atoms with van der Waals surface area (Å²) in [6.07, 6.45) is 1.79. The van der Waals surface area contributed by atoms with Crippen LogP contribution >= 0.6 is 0 Å². The summed E-state index contributed by atoms with van der Waals surface area (Å²) in [6.45, 7) is 0. The fourth-order valence-electron chi connectivity index (χ4n) is 6.29. The molecule has 6 aromatic carbocycles. The predicted octanol–water partition coefficient (Wildman–Crippen LogP) is 10.0. The van der Waals surface area contributed by atoms with Crippen molar-refractivity contribution < 1.29 is 24.5 Å². The van der Waals surface area contributed by atoms with Crippen LogP contribution in [0.3, 0.4) is 0 Å². The molecule has 0 amide bonds. The average Bonchev–Trinajstić information content (AvgIpc) is 3.76. The molecule has 49 heavy (non-hydrogen) atoms. The molecule has 10 rings (SSSR count). The van der Waals surface area contributed by atoms with Gasteiger partial charge in [-0.1, -0.05) is 95.9 Å². The van der Waals surface area contributed by atoms with Crippen LogP contribution < -0.4 is 0 Å². The van der Waals surface area contributed by atoms with E-state index in [2.05, 4.69) is 80.4 Å². The number of fused-ring (bicyclic) bond motifs is 8. The molecular weight excluding hydrogens is 783 g/mol. The summed E-state index contributed by atoms with van der Waals surface area (Å²) in [4.78, 5) is 9.21. The van der Waals surface area contributed by atoms with Gasteiger partial charge in [0.15, 0.2) is 5.65 Å². The first kappa shape index (κ1) is 30.3. The van der Waals surface area contributed by atoms with Crippen LogP contribution in [0.1, 0.15) is 0 Å². The molecule has 1 radical (unpaired) electrons. The minimum absolute atomic E-state index is 0. The van der Waals surface area contributed by atoms with Crippen molar-refractivity contribution in [3.63, 3.8) is 0 Å². The summed E-state index contributed by atoms with van der Waals surface area (Å²) in [6, 6.07) is 55.1. The number of hydrogen-bond donors (Lipinski definition) is 0. The van der Waals surface area contributed by atoms with Crippen LogP contribution in [-0.2, 0) is 20.1 Å². The summed E-state index contributed by atoms with van der Waals surface area (Å²) in [7, 11) is 0. The number of para-hydroxylation sites is 1. The molecule has 0 aliphatic rings. The minimum atomic E-state index is 0. The third-order valence-electron chi connectivity index (χ3n) is 8.48. The molecular formula is C42H25IrN5O-2. The van der Waals surface area contributed by atoms with Gasteiger partial charge in [-0.3, -0.25) is 4.98 Å². The molecule has 0 saturated carbocycles. The smallest absolute Gasteiger partial charge is 0.191 e. The molecule has 10 aromatic rings. The van der Waals surface area contributed by atoms with Gasteiger partial charge in [0.2, 0.25) is 0 Å². The monoisotopic (exact) mass is 808 g/mol. The Hall–Kier alpha value is -6.01. The minimum Gasteiger partial charge on any atom is -0.500 e. The Kier molecular flexibility index (Phi) is 7.98. The second-order valence-electron chi connectivity index (χ2n) is 11.3. The number of rotatable bonds is 3. The van der Waals surface area contributed by atoms with Crippen molar-refractivity contribution in [1.82, 2.24) is 24.7 Å². The average molecular weight is 808 g/mol. The van der Waals surface area contributed by atoms with Crippen molar-refractivity contribution in [3.8, 4) is 28.3 Å². The van der Waals surface area contributed by atoms with Gasteiger partial charge in [-0.2, -0.15) is 0 Å². The van der Waals surface area contributed by atoms with Gasteiger partial charge >= 0.3 is 0 Å². The number of imidazole rings is 1. The predicted molar refractivity (Wildman–Crippen MR) is 192 cm³/mol. The molecule has 7 heteroatoms. The van der Waals surface area contributed by atoms with Crippen LogP contribution in [0.25, 0.3) is 83.1 Å². The zero-order valence-corrected chi connectivity index (χ0v) is 28.3. The Bertz CT molecular complexity index is 2690. The quantitative estimate of drug-likeness (QED) is 0.166. The number of aromatic nitrogens is 5. The normalized spacial score (nSPS) is 11.1. The SMILES string of the molecule is [Ir].[c-]1ccc2c(oc3c4ccccc4ccc23)c1-c1nc2nnc3ccccc3c2n1-c1ccccc1.[c-]1ccccc1-c1ccccn1. The van der Waals surface area contributed by atoms with E-state index in [1.165, 1.54) is 0 Å². The van der Waals surface area contributed by atoms with Crippen LogP contribution in [0.4, 0.5) is 0 Å². The number of pyridine rings is 1. The fourth-order valence-corrected chi connectivity index (χ4v) is 6.29. The second-order valence-corrected chi connectivity index (χ2v) is 11.3. The van der Waals surface area contributed by atoms with Crippen molar-refractivity contribution in [2.75, 3.05) is 0 Å². The van der Waals surface area contributed by atoms with Gasteiger partial charge in [-0.15, -0.1) is 64.3 Å². The molecule has 0 N–H and O–H groups in total. The van der Waals surface area contributed by atoms with E-state index in [0.29, 0.717) is 5.65 Å². The standard InChI is InChI=1S/C31H17N4O.C11H8N.Ir/c1-2-10-20(11-3-1)35-27-24-13-6-7-16-26(24)33-34-30(27)32-31(35)25-15-8-14-22-23-18-17-19-9-4-5-12-21(19)28(23)36-29(22)25;1-2-6-10(7-3-1)11-8-4-5-9-12-11;/h1-14,16-18H;1-6,8-9H;/q2*-1;. The number of hydrogen-bond acceptors (Lipinski definition) is 5.